The standard InChI is InChI=1S/C24H28N8O2/c1-15-4-6-16(7-5-15)21(30-23(33)19-10-11-27-31(19)2)24(34)29-20-9-8-17(13-26-20)22-18(12-25)14-28-32(22)3/h8-11,13-16,21H,4-7H2,1-3H3,(H,30,33)(H,26,29,34)/t15-,16-,21-/m0/s1. The number of carbonyl (C=O) groups excluding carboxylic acids is 2. The Kier molecular flexibility index (Phi) is 6.72. The zero-order chi connectivity index (χ0) is 24.2. The Morgan fingerprint density at radius 2 is 1.85 bits per heavy atom. The van der Waals surface area contributed by atoms with Gasteiger partial charge in [0.1, 0.15) is 23.6 Å². The Balaban J connectivity index is 1.52. The van der Waals surface area contributed by atoms with E-state index in [1.165, 1.54) is 10.9 Å². The third-order valence-corrected chi connectivity index (χ3v) is 6.50. The van der Waals surface area contributed by atoms with Gasteiger partial charge in [0.25, 0.3) is 5.91 Å². The molecule has 2 amide bonds. The highest BCUT2D eigenvalue weighted by molar-refractivity contribution is 6.00. The molecular weight excluding hydrogens is 432 g/mol. The Morgan fingerprint density at radius 3 is 2.47 bits per heavy atom. The third-order valence-electron chi connectivity index (χ3n) is 6.50. The number of nitrogens with one attached hydrogen (secondary N) is 2. The summed E-state index contributed by atoms with van der Waals surface area (Å²) in [5, 5.41) is 23.3. The molecule has 0 unspecified atom stereocenters. The molecule has 1 aliphatic rings. The summed E-state index contributed by atoms with van der Waals surface area (Å²) in [5.41, 5.74) is 2.22. The molecule has 3 heterocycles. The van der Waals surface area contributed by atoms with E-state index < -0.39 is 6.04 Å². The van der Waals surface area contributed by atoms with Crippen LogP contribution >= 0.6 is 0 Å². The molecule has 3 aromatic heterocycles. The molecule has 1 fully saturated rings. The predicted molar refractivity (Wildman–Crippen MR) is 125 cm³/mol. The number of nitrogens with zero attached hydrogens (tertiary/aromatic N) is 6. The number of rotatable bonds is 6. The molecule has 1 saturated carbocycles. The number of hydrogen-bond acceptors (Lipinski definition) is 6. The second kappa shape index (κ2) is 9.87. The summed E-state index contributed by atoms with van der Waals surface area (Å²) in [6.45, 7) is 2.21. The number of aromatic nitrogens is 5. The van der Waals surface area contributed by atoms with E-state index in [4.69, 9.17) is 0 Å². The van der Waals surface area contributed by atoms with Crippen LogP contribution in [0, 0.1) is 23.2 Å². The molecule has 34 heavy (non-hydrogen) atoms. The lowest BCUT2D eigenvalue weighted by Crippen LogP contribution is -2.49. The maximum absolute atomic E-state index is 13.3. The summed E-state index contributed by atoms with van der Waals surface area (Å²) in [4.78, 5) is 30.5. The van der Waals surface area contributed by atoms with Crippen LogP contribution in [0.4, 0.5) is 5.82 Å². The maximum Gasteiger partial charge on any atom is 0.270 e. The molecule has 0 aromatic carbocycles. The minimum Gasteiger partial charge on any atom is -0.339 e. The highest BCUT2D eigenvalue weighted by atomic mass is 16.2. The first kappa shape index (κ1) is 23.2. The van der Waals surface area contributed by atoms with Gasteiger partial charge in [0.2, 0.25) is 5.91 Å². The average molecular weight is 461 g/mol. The van der Waals surface area contributed by atoms with Gasteiger partial charge in [0.15, 0.2) is 0 Å². The Morgan fingerprint density at radius 1 is 1.09 bits per heavy atom. The van der Waals surface area contributed by atoms with Gasteiger partial charge in [0.05, 0.1) is 17.5 Å². The number of carbonyl (C=O) groups is 2. The zero-order valence-electron chi connectivity index (χ0n) is 19.5. The van der Waals surface area contributed by atoms with Crippen LogP contribution in [0.2, 0.25) is 0 Å². The van der Waals surface area contributed by atoms with Gasteiger partial charge in [-0.25, -0.2) is 4.98 Å². The van der Waals surface area contributed by atoms with Crippen molar-refractivity contribution in [1.29, 1.82) is 5.26 Å². The minimum absolute atomic E-state index is 0.0419. The molecule has 4 rings (SSSR count). The van der Waals surface area contributed by atoms with Crippen LogP contribution in [0.15, 0.2) is 36.8 Å². The van der Waals surface area contributed by atoms with Crippen LogP contribution in [0.3, 0.4) is 0 Å². The topological polar surface area (TPSA) is 131 Å². The van der Waals surface area contributed by atoms with Crippen LogP contribution in [0.25, 0.3) is 11.3 Å². The van der Waals surface area contributed by atoms with Crippen molar-refractivity contribution in [3.8, 4) is 17.3 Å². The Hall–Kier alpha value is -4.00. The number of pyridine rings is 1. The van der Waals surface area contributed by atoms with Crippen LogP contribution < -0.4 is 10.6 Å². The molecular formula is C24H28N8O2. The lowest BCUT2D eigenvalue weighted by Gasteiger charge is -2.32. The van der Waals surface area contributed by atoms with Gasteiger partial charge >= 0.3 is 0 Å². The monoisotopic (exact) mass is 460 g/mol. The first-order valence-corrected chi connectivity index (χ1v) is 11.4. The van der Waals surface area contributed by atoms with Gasteiger partial charge in [-0.2, -0.15) is 15.5 Å². The number of aryl methyl sites for hydroxylation is 2. The molecule has 0 saturated heterocycles. The van der Waals surface area contributed by atoms with E-state index in [0.717, 1.165) is 31.2 Å². The maximum atomic E-state index is 13.3. The fourth-order valence-corrected chi connectivity index (χ4v) is 4.50. The van der Waals surface area contributed by atoms with Crippen LogP contribution in [-0.2, 0) is 18.9 Å². The van der Waals surface area contributed by atoms with Gasteiger partial charge in [-0.15, -0.1) is 0 Å². The predicted octanol–water partition coefficient (Wildman–Crippen LogP) is 2.65. The highest BCUT2D eigenvalue weighted by Gasteiger charge is 2.33. The van der Waals surface area contributed by atoms with Crippen molar-refractivity contribution in [2.24, 2.45) is 25.9 Å². The van der Waals surface area contributed by atoms with Gasteiger partial charge in [-0.05, 0) is 42.9 Å². The molecule has 0 radical (unpaired) electrons. The quantitative estimate of drug-likeness (QED) is 0.581. The average Bonchev–Trinajstić information content (AvgIpc) is 3.43. The zero-order valence-corrected chi connectivity index (χ0v) is 19.5. The SMILES string of the molecule is Cn1nccc1C(=O)N[C@H](C(=O)Nc1ccc(-c2c(C#N)cnn2C)cn1)[C@H]1CC[C@H](C)CC1. The molecule has 0 aliphatic heterocycles. The van der Waals surface area contributed by atoms with Crippen molar-refractivity contribution in [3.05, 3.63) is 48.0 Å². The van der Waals surface area contributed by atoms with E-state index in [1.807, 2.05) is 0 Å². The van der Waals surface area contributed by atoms with Crippen LogP contribution in [-0.4, -0.2) is 42.4 Å². The fourth-order valence-electron chi connectivity index (χ4n) is 4.50. The van der Waals surface area contributed by atoms with Crippen molar-refractivity contribution in [2.45, 2.75) is 38.6 Å². The van der Waals surface area contributed by atoms with Crippen molar-refractivity contribution in [1.82, 2.24) is 29.9 Å². The Labute approximate surface area is 198 Å². The summed E-state index contributed by atoms with van der Waals surface area (Å²) in [5.74, 6) is 0.404. The van der Waals surface area contributed by atoms with Crippen molar-refractivity contribution >= 4 is 17.6 Å². The molecule has 0 spiro atoms. The molecule has 0 bridgehead atoms. The Bertz CT molecular complexity index is 1210. The van der Waals surface area contributed by atoms with Crippen molar-refractivity contribution in [3.63, 3.8) is 0 Å². The fraction of sp³-hybridized carbons (Fsp3) is 0.417. The van der Waals surface area contributed by atoms with Gasteiger partial charge in [-0.1, -0.05) is 19.8 Å². The van der Waals surface area contributed by atoms with E-state index in [1.54, 1.807) is 49.4 Å². The molecule has 1 atom stereocenters. The van der Waals surface area contributed by atoms with Crippen molar-refractivity contribution in [2.75, 3.05) is 5.32 Å². The summed E-state index contributed by atoms with van der Waals surface area (Å²) in [6, 6.07) is 6.54. The largest absolute Gasteiger partial charge is 0.339 e. The normalized spacial score (nSPS) is 18.6. The second-order valence-electron chi connectivity index (χ2n) is 8.87. The first-order chi connectivity index (χ1) is 16.4. The van der Waals surface area contributed by atoms with Crippen molar-refractivity contribution < 1.29 is 9.59 Å². The molecule has 10 nitrogen and oxygen atoms in total. The van der Waals surface area contributed by atoms with Crippen LogP contribution in [0.5, 0.6) is 0 Å². The lowest BCUT2D eigenvalue weighted by atomic mass is 9.79. The number of hydrogen-bond donors (Lipinski definition) is 2. The summed E-state index contributed by atoms with van der Waals surface area (Å²) in [7, 11) is 3.45. The van der Waals surface area contributed by atoms with E-state index in [-0.39, 0.29) is 17.7 Å². The smallest absolute Gasteiger partial charge is 0.270 e. The van der Waals surface area contributed by atoms with Gasteiger partial charge < -0.3 is 10.6 Å². The van der Waals surface area contributed by atoms with Gasteiger partial charge in [-0.3, -0.25) is 19.0 Å². The number of amides is 2. The number of anilines is 1. The molecule has 2 N–H and O–H groups in total. The summed E-state index contributed by atoms with van der Waals surface area (Å²) in [6.07, 6.45) is 8.44. The van der Waals surface area contributed by atoms with Gasteiger partial charge in [0, 0.05) is 32.1 Å². The second-order valence-corrected chi connectivity index (χ2v) is 8.87. The van der Waals surface area contributed by atoms with Crippen LogP contribution in [0.1, 0.15) is 48.7 Å². The molecule has 176 valence electrons. The van der Waals surface area contributed by atoms with E-state index in [9.17, 15) is 14.9 Å². The molecule has 10 heteroatoms. The highest BCUT2D eigenvalue weighted by Crippen LogP contribution is 2.31. The minimum atomic E-state index is -0.682. The lowest BCUT2D eigenvalue weighted by molar-refractivity contribution is -0.119. The van der Waals surface area contributed by atoms with E-state index in [0.29, 0.717) is 28.7 Å². The summed E-state index contributed by atoms with van der Waals surface area (Å²) >= 11 is 0. The molecule has 3 aromatic rings. The first-order valence-electron chi connectivity index (χ1n) is 11.4. The number of nitriles is 1. The third kappa shape index (κ3) is 4.83. The molecule has 1 aliphatic carbocycles. The summed E-state index contributed by atoms with van der Waals surface area (Å²) < 4.78 is 3.10. The van der Waals surface area contributed by atoms with E-state index >= 15 is 0 Å². The van der Waals surface area contributed by atoms with E-state index in [2.05, 4.69) is 38.8 Å².